The topological polar surface area (TPSA) is 86.3 Å². The highest BCUT2D eigenvalue weighted by molar-refractivity contribution is 9.10. The monoisotopic (exact) mass is 410 g/mol. The number of benzene rings is 1. The van der Waals surface area contributed by atoms with Crippen LogP contribution in [0.4, 0.5) is 4.79 Å². The third-order valence-electron chi connectivity index (χ3n) is 4.94. The molecule has 1 heterocycles. The standard InChI is InChI=1S/C18H23BrN2O4/c1-18(2,3)21(17(24)25)10-4-5-14(21)16(23)20-11-15(22)12-6-8-13(19)9-7-12/h6-9,14H,4-5,10-11H2,1-3H3,(H-,20,23,24,25)/t14-,21?/m0/s1. The average Bonchev–Trinajstić information content (AvgIpc) is 2.99. The lowest BCUT2D eigenvalue weighted by Gasteiger charge is -2.48. The number of carbonyl (C=O) groups is 3. The summed E-state index contributed by atoms with van der Waals surface area (Å²) in [6.07, 6.45) is -0.155. The van der Waals surface area contributed by atoms with Crippen LogP contribution in [0.15, 0.2) is 28.7 Å². The Labute approximate surface area is 155 Å². The summed E-state index contributed by atoms with van der Waals surface area (Å²) in [7, 11) is 0. The van der Waals surface area contributed by atoms with Gasteiger partial charge in [0.25, 0.3) is 12.0 Å². The fourth-order valence-electron chi connectivity index (χ4n) is 3.56. The highest BCUT2D eigenvalue weighted by Gasteiger charge is 2.55. The Kier molecular flexibility index (Phi) is 5.68. The van der Waals surface area contributed by atoms with Crippen LogP contribution in [-0.4, -0.2) is 46.9 Å². The molecule has 0 aliphatic carbocycles. The fourth-order valence-corrected chi connectivity index (χ4v) is 3.82. The molecule has 1 aliphatic heterocycles. The van der Waals surface area contributed by atoms with Crippen molar-refractivity contribution in [1.29, 1.82) is 0 Å². The number of rotatable bonds is 4. The lowest BCUT2D eigenvalue weighted by atomic mass is 9.99. The van der Waals surface area contributed by atoms with Gasteiger partial charge in [0.15, 0.2) is 11.8 Å². The van der Waals surface area contributed by atoms with Gasteiger partial charge in [-0.3, -0.25) is 14.1 Å². The van der Waals surface area contributed by atoms with Crippen molar-refractivity contribution in [3.8, 4) is 0 Å². The molecule has 0 aromatic heterocycles. The minimum atomic E-state index is -1.25. The normalized spacial score (nSPS) is 23.3. The summed E-state index contributed by atoms with van der Waals surface area (Å²) in [5.74, 6) is -0.636. The number of amides is 2. The Morgan fingerprint density at radius 1 is 1.24 bits per heavy atom. The molecule has 1 unspecified atom stereocenters. The number of hydrogen-bond donors (Lipinski definition) is 1. The minimum Gasteiger partial charge on any atom is -0.498 e. The minimum absolute atomic E-state index is 0.159. The molecule has 2 rings (SSSR count). The SMILES string of the molecule is CC(C)(C)[N+]1(C(=O)[O-])CCC[C@H]1C(=O)NCC(=O)c1ccc(Br)cc1. The predicted molar refractivity (Wildman–Crippen MR) is 94.8 cm³/mol. The van der Waals surface area contributed by atoms with Crippen LogP contribution in [0.1, 0.15) is 44.0 Å². The Morgan fingerprint density at radius 3 is 2.36 bits per heavy atom. The van der Waals surface area contributed by atoms with Crippen LogP contribution in [0.2, 0.25) is 0 Å². The summed E-state index contributed by atoms with van der Waals surface area (Å²) in [5, 5.41) is 14.5. The predicted octanol–water partition coefficient (Wildman–Crippen LogP) is 1.87. The zero-order valence-electron chi connectivity index (χ0n) is 14.7. The Hall–Kier alpha value is -1.73. The third-order valence-corrected chi connectivity index (χ3v) is 5.46. The molecule has 7 heteroatoms. The van der Waals surface area contributed by atoms with Gasteiger partial charge in [-0.2, -0.15) is 0 Å². The van der Waals surface area contributed by atoms with Crippen molar-refractivity contribution in [1.82, 2.24) is 5.32 Å². The summed E-state index contributed by atoms with van der Waals surface area (Å²) in [4.78, 5) is 36.7. The van der Waals surface area contributed by atoms with E-state index in [1.807, 2.05) is 0 Å². The quantitative estimate of drug-likeness (QED) is 0.606. The summed E-state index contributed by atoms with van der Waals surface area (Å²) >= 11 is 3.30. The number of carboxylic acid groups (broad SMARTS) is 1. The van der Waals surface area contributed by atoms with Gasteiger partial charge in [0.1, 0.15) is 0 Å². The first-order valence-corrected chi connectivity index (χ1v) is 9.05. The molecular weight excluding hydrogens is 388 g/mol. The van der Waals surface area contributed by atoms with Crippen LogP contribution in [0, 0.1) is 0 Å². The molecule has 1 saturated heterocycles. The molecule has 136 valence electrons. The summed E-state index contributed by atoms with van der Waals surface area (Å²) in [5.41, 5.74) is -0.182. The molecule has 0 bridgehead atoms. The van der Waals surface area contributed by atoms with Crippen LogP contribution in [0.25, 0.3) is 0 Å². The van der Waals surface area contributed by atoms with Crippen molar-refractivity contribution in [2.24, 2.45) is 0 Å². The van der Waals surface area contributed by atoms with E-state index >= 15 is 0 Å². The van der Waals surface area contributed by atoms with E-state index in [-0.39, 0.29) is 12.3 Å². The highest BCUT2D eigenvalue weighted by Crippen LogP contribution is 2.36. The van der Waals surface area contributed by atoms with Crippen molar-refractivity contribution < 1.29 is 24.0 Å². The fraction of sp³-hybridized carbons (Fsp3) is 0.500. The average molecular weight is 411 g/mol. The maximum Gasteiger partial charge on any atom is 0.279 e. The van der Waals surface area contributed by atoms with Gasteiger partial charge >= 0.3 is 0 Å². The molecule has 2 amide bonds. The zero-order chi connectivity index (χ0) is 18.8. The highest BCUT2D eigenvalue weighted by atomic mass is 79.9. The second kappa shape index (κ2) is 7.25. The second-order valence-electron chi connectivity index (χ2n) is 7.34. The van der Waals surface area contributed by atoms with Gasteiger partial charge in [0.05, 0.1) is 18.6 Å². The first kappa shape index (κ1) is 19.6. The van der Waals surface area contributed by atoms with Crippen molar-refractivity contribution in [2.75, 3.05) is 13.1 Å². The molecule has 6 nitrogen and oxygen atoms in total. The molecule has 1 aromatic carbocycles. The van der Waals surface area contributed by atoms with Gasteiger partial charge in [-0.1, -0.05) is 28.1 Å². The van der Waals surface area contributed by atoms with Crippen LogP contribution < -0.4 is 10.4 Å². The molecule has 0 saturated carbocycles. The number of carbonyl (C=O) groups excluding carboxylic acids is 3. The Morgan fingerprint density at radius 2 is 1.84 bits per heavy atom. The summed E-state index contributed by atoms with van der Waals surface area (Å²) < 4.78 is 0.450. The first-order valence-electron chi connectivity index (χ1n) is 8.25. The number of ketones is 1. The first-order chi connectivity index (χ1) is 11.6. The maximum absolute atomic E-state index is 12.6. The second-order valence-corrected chi connectivity index (χ2v) is 8.25. The third kappa shape index (κ3) is 3.77. The van der Waals surface area contributed by atoms with E-state index in [1.165, 1.54) is 0 Å². The number of likely N-dealkylation sites (tertiary alicyclic amines) is 1. The molecular formula is C18H23BrN2O4. The van der Waals surface area contributed by atoms with Crippen LogP contribution in [0.5, 0.6) is 0 Å². The lowest BCUT2D eigenvalue weighted by molar-refractivity contribution is -0.922. The Bertz CT molecular complexity index is 681. The molecule has 25 heavy (non-hydrogen) atoms. The van der Waals surface area contributed by atoms with Crippen molar-refractivity contribution in [3.63, 3.8) is 0 Å². The van der Waals surface area contributed by atoms with Gasteiger partial charge < -0.3 is 15.2 Å². The largest absolute Gasteiger partial charge is 0.498 e. The van der Waals surface area contributed by atoms with Crippen molar-refractivity contribution in [3.05, 3.63) is 34.3 Å². The molecule has 0 spiro atoms. The van der Waals surface area contributed by atoms with Gasteiger partial charge in [-0.15, -0.1) is 0 Å². The van der Waals surface area contributed by atoms with E-state index in [2.05, 4.69) is 21.2 Å². The molecule has 0 radical (unpaired) electrons. The van der Waals surface area contributed by atoms with E-state index < -0.39 is 28.1 Å². The van der Waals surface area contributed by atoms with E-state index in [1.54, 1.807) is 45.0 Å². The summed E-state index contributed by atoms with van der Waals surface area (Å²) in [6, 6.07) is 6.10. The zero-order valence-corrected chi connectivity index (χ0v) is 16.3. The van der Waals surface area contributed by atoms with Crippen molar-refractivity contribution in [2.45, 2.75) is 45.2 Å². The number of nitrogens with zero attached hydrogens (tertiary/aromatic N) is 1. The van der Waals surface area contributed by atoms with Gasteiger partial charge in [0, 0.05) is 22.9 Å². The lowest BCUT2D eigenvalue weighted by Crippen LogP contribution is -2.72. The summed E-state index contributed by atoms with van der Waals surface area (Å²) in [6.45, 7) is 5.57. The van der Waals surface area contributed by atoms with Gasteiger partial charge in [-0.25, -0.2) is 0 Å². The number of quaternary nitrogens is 1. The van der Waals surface area contributed by atoms with Crippen LogP contribution in [-0.2, 0) is 4.79 Å². The molecule has 1 aliphatic rings. The molecule has 2 atom stereocenters. The van der Waals surface area contributed by atoms with Gasteiger partial charge in [0.2, 0.25) is 0 Å². The number of halogens is 1. The van der Waals surface area contributed by atoms with E-state index in [9.17, 15) is 19.5 Å². The smallest absolute Gasteiger partial charge is 0.279 e. The molecule has 1 fully saturated rings. The van der Waals surface area contributed by atoms with E-state index in [0.717, 1.165) is 4.47 Å². The number of nitrogens with one attached hydrogen (secondary N) is 1. The van der Waals surface area contributed by atoms with E-state index in [0.29, 0.717) is 24.9 Å². The number of hydrogen-bond acceptors (Lipinski definition) is 4. The molecule has 1 aromatic rings. The van der Waals surface area contributed by atoms with Crippen molar-refractivity contribution >= 4 is 33.7 Å². The van der Waals surface area contributed by atoms with Crippen LogP contribution >= 0.6 is 15.9 Å². The molecule has 1 N–H and O–H groups in total. The van der Waals surface area contributed by atoms with Gasteiger partial charge in [-0.05, 0) is 32.9 Å². The maximum atomic E-state index is 12.6. The number of Topliss-reactive ketones (excluding diaryl/α,β-unsaturated/α-hetero) is 1. The van der Waals surface area contributed by atoms with Crippen LogP contribution in [0.3, 0.4) is 0 Å². The Balaban J connectivity index is 2.10. The van der Waals surface area contributed by atoms with E-state index in [4.69, 9.17) is 0 Å².